The summed E-state index contributed by atoms with van der Waals surface area (Å²) in [6, 6.07) is 6.74. The van der Waals surface area contributed by atoms with Crippen molar-refractivity contribution < 1.29 is 36.6 Å². The maximum atomic E-state index is 15.7. The molecule has 3 aromatic heterocycles. The lowest BCUT2D eigenvalue weighted by Crippen LogP contribution is -2.53. The van der Waals surface area contributed by atoms with Crippen LogP contribution >= 0.6 is 0 Å². The SMILES string of the molecule is CC[C@H](C)OC(=O)[C@H](Cc1ccc(-n2c(=O)c3ccncc3n(C)c2=O)c2ncccc12)NC(=O)c1c(C)cc(N2CCOC[C@@H]2C(F)(F)F)cc1F. The lowest BCUT2D eigenvalue weighted by Gasteiger charge is -2.38. The van der Waals surface area contributed by atoms with E-state index in [1.807, 2.05) is 0 Å². The fourth-order valence-electron chi connectivity index (χ4n) is 6.45. The molecule has 0 unspecified atom stereocenters. The summed E-state index contributed by atoms with van der Waals surface area (Å²) < 4.78 is 69.9. The van der Waals surface area contributed by atoms with E-state index < -0.39 is 65.5 Å². The van der Waals surface area contributed by atoms with Crippen molar-refractivity contribution in [2.75, 3.05) is 24.7 Å². The molecule has 3 atom stereocenters. The third-order valence-corrected chi connectivity index (χ3v) is 9.40. The quantitative estimate of drug-likeness (QED) is 0.171. The molecule has 0 spiro atoms. The number of amides is 1. The van der Waals surface area contributed by atoms with E-state index in [1.165, 1.54) is 55.3 Å². The number of fused-ring (bicyclic) bond motifs is 2. The molecule has 278 valence electrons. The Labute approximate surface area is 300 Å². The standard InChI is InChI=1S/C37H36F4N6O6/c1-5-21(3)53-35(50)27(44-33(48)31-20(2)15-23(17-26(31)38)46-13-14-52-19-30(46)37(39,40)41)16-22-8-9-28(32-24(22)7-6-11-43-32)47-34(49)25-10-12-42-18-29(25)45(4)36(47)51/h6-12,15,17-18,21,27,30H,5,13-14,16,19H2,1-4H3,(H,44,48)/t21-,27-,30+/m0/s1. The number of ether oxygens (including phenoxy) is 2. The molecule has 1 aliphatic rings. The average Bonchev–Trinajstić information content (AvgIpc) is 3.13. The maximum Gasteiger partial charge on any atom is 0.411 e. The first-order chi connectivity index (χ1) is 25.2. The molecule has 1 amide bonds. The number of nitrogens with one attached hydrogen (secondary N) is 1. The molecule has 4 heterocycles. The fourth-order valence-corrected chi connectivity index (χ4v) is 6.45. The van der Waals surface area contributed by atoms with E-state index in [-0.39, 0.29) is 47.4 Å². The Kier molecular flexibility index (Phi) is 10.3. The number of nitrogens with zero attached hydrogens (tertiary/aromatic N) is 5. The Balaban J connectivity index is 1.37. The van der Waals surface area contributed by atoms with Gasteiger partial charge < -0.3 is 19.7 Å². The van der Waals surface area contributed by atoms with E-state index in [4.69, 9.17) is 9.47 Å². The number of aromatic nitrogens is 4. The molecule has 5 aromatic rings. The van der Waals surface area contributed by atoms with Crippen molar-refractivity contribution in [1.29, 1.82) is 0 Å². The molecule has 1 saturated heterocycles. The van der Waals surface area contributed by atoms with Gasteiger partial charge in [-0.1, -0.05) is 19.1 Å². The van der Waals surface area contributed by atoms with Gasteiger partial charge in [-0.2, -0.15) is 13.2 Å². The number of carbonyl (C=O) groups excluding carboxylic acids is 2. The molecule has 0 bridgehead atoms. The molecule has 16 heteroatoms. The second-order valence-electron chi connectivity index (χ2n) is 12.8. The van der Waals surface area contributed by atoms with Crippen LogP contribution < -0.4 is 21.5 Å². The number of anilines is 1. The summed E-state index contributed by atoms with van der Waals surface area (Å²) >= 11 is 0. The summed E-state index contributed by atoms with van der Waals surface area (Å²) in [5.74, 6) is -2.86. The largest absolute Gasteiger partial charge is 0.461 e. The van der Waals surface area contributed by atoms with Gasteiger partial charge in [0.15, 0.2) is 0 Å². The van der Waals surface area contributed by atoms with Gasteiger partial charge in [-0.15, -0.1) is 0 Å². The number of rotatable bonds is 9. The minimum Gasteiger partial charge on any atom is -0.461 e. The first kappa shape index (κ1) is 37.1. The van der Waals surface area contributed by atoms with Gasteiger partial charge in [-0.3, -0.25) is 24.1 Å². The molecular weight excluding hydrogens is 700 g/mol. The van der Waals surface area contributed by atoms with E-state index >= 15 is 4.39 Å². The van der Waals surface area contributed by atoms with Gasteiger partial charge in [0.25, 0.3) is 11.5 Å². The molecule has 2 aromatic carbocycles. The third kappa shape index (κ3) is 7.23. The van der Waals surface area contributed by atoms with Crippen LogP contribution in [0.5, 0.6) is 0 Å². The lowest BCUT2D eigenvalue weighted by atomic mass is 9.99. The van der Waals surface area contributed by atoms with Crippen LogP contribution in [0.15, 0.2) is 70.6 Å². The summed E-state index contributed by atoms with van der Waals surface area (Å²) in [7, 11) is 1.52. The van der Waals surface area contributed by atoms with Crippen LogP contribution in [0, 0.1) is 12.7 Å². The van der Waals surface area contributed by atoms with E-state index in [9.17, 15) is 32.3 Å². The van der Waals surface area contributed by atoms with Crippen molar-refractivity contribution in [1.82, 2.24) is 24.4 Å². The predicted octanol–water partition coefficient (Wildman–Crippen LogP) is 4.53. The van der Waals surface area contributed by atoms with Crippen LogP contribution in [-0.2, 0) is 27.7 Å². The zero-order chi connectivity index (χ0) is 38.2. The zero-order valence-corrected chi connectivity index (χ0v) is 29.2. The summed E-state index contributed by atoms with van der Waals surface area (Å²) in [6.45, 7) is 4.12. The molecule has 0 saturated carbocycles. The molecular formula is C37H36F4N6O6. The summed E-state index contributed by atoms with van der Waals surface area (Å²) in [4.78, 5) is 63.8. The number of halogens is 4. The van der Waals surface area contributed by atoms with Gasteiger partial charge >= 0.3 is 17.8 Å². The smallest absolute Gasteiger partial charge is 0.411 e. The highest BCUT2D eigenvalue weighted by Gasteiger charge is 2.45. The Morgan fingerprint density at radius 3 is 2.60 bits per heavy atom. The topological polar surface area (TPSA) is 138 Å². The number of esters is 1. The molecule has 1 fully saturated rings. The number of aryl methyl sites for hydroxylation is 2. The minimum atomic E-state index is -4.64. The van der Waals surface area contributed by atoms with E-state index in [0.717, 1.165) is 15.5 Å². The number of hydrogen-bond donors (Lipinski definition) is 1. The number of pyridine rings is 2. The van der Waals surface area contributed by atoms with Crippen molar-refractivity contribution in [3.05, 3.63) is 104 Å². The molecule has 53 heavy (non-hydrogen) atoms. The Bertz CT molecular complexity index is 2320. The van der Waals surface area contributed by atoms with E-state index in [2.05, 4.69) is 15.3 Å². The first-order valence-corrected chi connectivity index (χ1v) is 16.9. The number of hydrogen-bond acceptors (Lipinski definition) is 9. The van der Waals surface area contributed by atoms with Gasteiger partial charge in [0.2, 0.25) is 0 Å². The molecule has 0 aliphatic carbocycles. The monoisotopic (exact) mass is 736 g/mol. The van der Waals surface area contributed by atoms with Crippen molar-refractivity contribution in [3.8, 4) is 5.69 Å². The predicted molar refractivity (Wildman–Crippen MR) is 188 cm³/mol. The normalized spacial score (nSPS) is 16.1. The van der Waals surface area contributed by atoms with Crippen LogP contribution in [0.2, 0.25) is 0 Å². The van der Waals surface area contributed by atoms with Gasteiger partial charge in [0, 0.05) is 43.5 Å². The Hall–Kier alpha value is -5.64. The highest BCUT2D eigenvalue weighted by molar-refractivity contribution is 5.99. The minimum absolute atomic E-state index is 0.00794. The summed E-state index contributed by atoms with van der Waals surface area (Å²) in [5.41, 5.74) is -0.410. The Morgan fingerprint density at radius 1 is 1.11 bits per heavy atom. The molecule has 1 N–H and O–H groups in total. The lowest BCUT2D eigenvalue weighted by molar-refractivity contribution is -0.167. The van der Waals surface area contributed by atoms with E-state index in [0.29, 0.717) is 22.9 Å². The molecule has 6 rings (SSSR count). The first-order valence-electron chi connectivity index (χ1n) is 16.9. The molecule has 1 aliphatic heterocycles. The maximum absolute atomic E-state index is 15.7. The summed E-state index contributed by atoms with van der Waals surface area (Å²) in [5, 5.41) is 3.29. The average molecular weight is 737 g/mol. The van der Waals surface area contributed by atoms with Crippen molar-refractivity contribution in [3.63, 3.8) is 0 Å². The molecule has 12 nitrogen and oxygen atoms in total. The van der Waals surface area contributed by atoms with Gasteiger partial charge in [0.05, 0.1) is 53.2 Å². The number of morpholine rings is 1. The van der Waals surface area contributed by atoms with Crippen LogP contribution in [0.4, 0.5) is 23.2 Å². The van der Waals surface area contributed by atoms with Gasteiger partial charge in [0.1, 0.15) is 17.9 Å². The van der Waals surface area contributed by atoms with Crippen molar-refractivity contribution in [2.24, 2.45) is 7.05 Å². The third-order valence-electron chi connectivity index (χ3n) is 9.40. The Morgan fingerprint density at radius 2 is 1.89 bits per heavy atom. The highest BCUT2D eigenvalue weighted by atomic mass is 19.4. The van der Waals surface area contributed by atoms with Crippen LogP contribution in [0.3, 0.4) is 0 Å². The van der Waals surface area contributed by atoms with Crippen molar-refractivity contribution >= 4 is 39.4 Å². The number of benzene rings is 2. The number of alkyl halides is 3. The zero-order valence-electron chi connectivity index (χ0n) is 29.2. The van der Waals surface area contributed by atoms with Crippen LogP contribution in [0.25, 0.3) is 27.5 Å². The highest BCUT2D eigenvalue weighted by Crippen LogP contribution is 2.33. The van der Waals surface area contributed by atoms with Crippen LogP contribution in [-0.4, -0.2) is 75.1 Å². The molecule has 0 radical (unpaired) electrons. The second kappa shape index (κ2) is 14.8. The fraction of sp³-hybridized carbons (Fsp3) is 0.351. The van der Waals surface area contributed by atoms with Crippen molar-refractivity contribution in [2.45, 2.75) is 58.0 Å². The van der Waals surface area contributed by atoms with Gasteiger partial charge in [-0.25, -0.2) is 18.5 Å². The number of carbonyl (C=O) groups is 2. The van der Waals surface area contributed by atoms with Gasteiger partial charge in [-0.05, 0) is 61.7 Å². The van der Waals surface area contributed by atoms with Crippen LogP contribution in [0.1, 0.15) is 41.8 Å². The second-order valence-corrected chi connectivity index (χ2v) is 12.8. The summed E-state index contributed by atoms with van der Waals surface area (Å²) in [6.07, 6.45) is -0.518. The van der Waals surface area contributed by atoms with E-state index in [1.54, 1.807) is 32.0 Å².